The fraction of sp³-hybridized carbons (Fsp3) is 0.562. The third-order valence-corrected chi connectivity index (χ3v) is 3.78. The van der Waals surface area contributed by atoms with Crippen molar-refractivity contribution in [2.75, 3.05) is 6.61 Å². The van der Waals surface area contributed by atoms with Crippen LogP contribution in [0.15, 0.2) is 17.3 Å². The molecule has 110 valence electrons. The summed E-state index contributed by atoms with van der Waals surface area (Å²) < 4.78 is 5.95. The number of nitrogens with two attached hydrogens (primary N) is 1. The van der Waals surface area contributed by atoms with Crippen LogP contribution in [0.2, 0.25) is 0 Å². The highest BCUT2D eigenvalue weighted by molar-refractivity contribution is 5.82. The molecule has 0 atom stereocenters. The Morgan fingerprint density at radius 2 is 2.05 bits per heavy atom. The fourth-order valence-corrected chi connectivity index (χ4v) is 2.58. The highest BCUT2D eigenvalue weighted by Gasteiger charge is 2.36. The molecule has 0 fully saturated rings. The van der Waals surface area contributed by atoms with Gasteiger partial charge in [-0.2, -0.15) is 0 Å². The van der Waals surface area contributed by atoms with E-state index >= 15 is 0 Å². The Balaban J connectivity index is 2.59. The van der Waals surface area contributed by atoms with Crippen molar-refractivity contribution in [3.05, 3.63) is 28.8 Å². The van der Waals surface area contributed by atoms with E-state index in [4.69, 9.17) is 15.7 Å². The Morgan fingerprint density at radius 1 is 1.40 bits per heavy atom. The summed E-state index contributed by atoms with van der Waals surface area (Å²) in [5.41, 5.74) is 9.09. The number of hydrogen-bond donors (Lipinski definition) is 2. The molecule has 0 radical (unpaired) electrons. The highest BCUT2D eigenvalue weighted by Crippen LogP contribution is 2.45. The molecular weight excluding hydrogens is 252 g/mol. The second kappa shape index (κ2) is 4.69. The fourth-order valence-electron chi connectivity index (χ4n) is 2.58. The van der Waals surface area contributed by atoms with Gasteiger partial charge in [-0.25, -0.2) is 0 Å². The molecule has 1 aromatic rings. The van der Waals surface area contributed by atoms with Crippen molar-refractivity contribution < 1.29 is 9.94 Å². The smallest absolute Gasteiger partial charge is 0.143 e. The second-order valence-corrected chi connectivity index (χ2v) is 7.21. The summed E-state index contributed by atoms with van der Waals surface area (Å²) in [6.45, 7) is 11.6. The largest absolute Gasteiger partial charge is 0.492 e. The first kappa shape index (κ1) is 14.7. The molecule has 0 aliphatic carbocycles. The van der Waals surface area contributed by atoms with E-state index in [9.17, 15) is 0 Å². The Labute approximate surface area is 120 Å². The summed E-state index contributed by atoms with van der Waals surface area (Å²) >= 11 is 0. The molecule has 3 N–H and O–H groups in total. The van der Waals surface area contributed by atoms with Crippen LogP contribution in [-0.4, -0.2) is 17.6 Å². The van der Waals surface area contributed by atoms with E-state index in [1.54, 1.807) is 0 Å². The summed E-state index contributed by atoms with van der Waals surface area (Å²) in [5.74, 6) is 1.23. The van der Waals surface area contributed by atoms with E-state index in [1.807, 2.05) is 0 Å². The van der Waals surface area contributed by atoms with Crippen LogP contribution in [0.3, 0.4) is 0 Å². The third-order valence-electron chi connectivity index (χ3n) is 3.78. The zero-order chi connectivity index (χ0) is 15.1. The van der Waals surface area contributed by atoms with Crippen molar-refractivity contribution in [1.29, 1.82) is 0 Å². The number of ether oxygens (including phenoxy) is 1. The van der Waals surface area contributed by atoms with Gasteiger partial charge >= 0.3 is 0 Å². The van der Waals surface area contributed by atoms with E-state index < -0.39 is 0 Å². The molecule has 2 rings (SSSR count). The molecule has 0 amide bonds. The standard InChI is InChI=1S/C16H24N2O2/c1-15(2,3)11-6-10(8-13(17)18-19)7-12-14(11)20-9-16(12,4)5/h6-7,19H,8-9H2,1-5H3,(H2,17,18). The Hall–Kier alpha value is -1.71. The highest BCUT2D eigenvalue weighted by atomic mass is 16.5. The zero-order valence-corrected chi connectivity index (χ0v) is 12.9. The van der Waals surface area contributed by atoms with E-state index in [2.05, 4.69) is 51.9 Å². The Kier molecular flexibility index (Phi) is 3.44. The molecule has 1 aliphatic heterocycles. The molecule has 0 saturated heterocycles. The minimum Gasteiger partial charge on any atom is -0.492 e. The molecule has 0 unspecified atom stereocenters. The lowest BCUT2D eigenvalue weighted by Crippen LogP contribution is -2.20. The minimum absolute atomic E-state index is 0.00351. The molecule has 0 bridgehead atoms. The molecule has 0 aromatic heterocycles. The maximum absolute atomic E-state index is 8.76. The molecule has 4 heteroatoms. The zero-order valence-electron chi connectivity index (χ0n) is 12.9. The number of fused-ring (bicyclic) bond motifs is 1. The van der Waals surface area contributed by atoms with Crippen LogP contribution in [0.5, 0.6) is 5.75 Å². The molecule has 0 saturated carbocycles. The number of oxime groups is 1. The predicted octanol–water partition coefficient (Wildman–Crippen LogP) is 2.94. The SMILES string of the molecule is CC(C)(C)c1cc(CC(N)=NO)cc2c1OCC2(C)C. The minimum atomic E-state index is -0.00830. The topological polar surface area (TPSA) is 67.8 Å². The van der Waals surface area contributed by atoms with Crippen LogP contribution in [-0.2, 0) is 17.3 Å². The van der Waals surface area contributed by atoms with Crippen molar-refractivity contribution in [2.24, 2.45) is 10.9 Å². The lowest BCUT2D eigenvalue weighted by atomic mass is 9.79. The second-order valence-electron chi connectivity index (χ2n) is 7.21. The van der Waals surface area contributed by atoms with Crippen molar-refractivity contribution in [1.82, 2.24) is 0 Å². The first-order chi connectivity index (χ1) is 9.15. The predicted molar refractivity (Wildman–Crippen MR) is 80.8 cm³/mol. The number of rotatable bonds is 2. The summed E-state index contributed by atoms with van der Waals surface area (Å²) in [6.07, 6.45) is 0.447. The average Bonchev–Trinajstić information content (AvgIpc) is 2.63. The van der Waals surface area contributed by atoms with E-state index in [1.165, 1.54) is 11.1 Å². The lowest BCUT2D eigenvalue weighted by molar-refractivity contribution is 0.286. The van der Waals surface area contributed by atoms with Crippen molar-refractivity contribution in [3.63, 3.8) is 0 Å². The normalized spacial score (nSPS) is 17.8. The van der Waals surface area contributed by atoms with Crippen LogP contribution >= 0.6 is 0 Å². The summed E-state index contributed by atoms with van der Waals surface area (Å²) in [5, 5.41) is 11.8. The third kappa shape index (κ3) is 2.60. The first-order valence-electron chi connectivity index (χ1n) is 6.92. The molecule has 1 aromatic carbocycles. The van der Waals surface area contributed by atoms with E-state index in [-0.39, 0.29) is 16.7 Å². The molecule has 0 spiro atoms. The average molecular weight is 276 g/mol. The van der Waals surface area contributed by atoms with Gasteiger partial charge in [0.1, 0.15) is 11.6 Å². The van der Waals surface area contributed by atoms with Crippen LogP contribution in [0.4, 0.5) is 0 Å². The van der Waals surface area contributed by atoms with Gasteiger partial charge in [-0.15, -0.1) is 0 Å². The van der Waals surface area contributed by atoms with Gasteiger partial charge in [0.15, 0.2) is 0 Å². The van der Waals surface area contributed by atoms with Gasteiger partial charge in [-0.1, -0.05) is 51.9 Å². The summed E-state index contributed by atoms with van der Waals surface area (Å²) in [6, 6.07) is 4.23. The van der Waals surface area contributed by atoms with Crippen LogP contribution in [0, 0.1) is 0 Å². The maximum atomic E-state index is 8.76. The van der Waals surface area contributed by atoms with Gasteiger partial charge in [-0.05, 0) is 11.0 Å². The number of hydrogen-bond acceptors (Lipinski definition) is 3. The maximum Gasteiger partial charge on any atom is 0.143 e. The molecule has 1 aliphatic rings. The monoisotopic (exact) mass is 276 g/mol. The van der Waals surface area contributed by atoms with Gasteiger partial charge in [-0.3, -0.25) is 0 Å². The van der Waals surface area contributed by atoms with Gasteiger partial charge in [0.25, 0.3) is 0 Å². The van der Waals surface area contributed by atoms with Crippen molar-refractivity contribution >= 4 is 5.84 Å². The summed E-state index contributed by atoms with van der Waals surface area (Å²) in [4.78, 5) is 0. The van der Waals surface area contributed by atoms with Crippen LogP contribution < -0.4 is 10.5 Å². The van der Waals surface area contributed by atoms with Crippen molar-refractivity contribution in [2.45, 2.75) is 51.9 Å². The van der Waals surface area contributed by atoms with Crippen molar-refractivity contribution in [3.8, 4) is 5.75 Å². The number of amidine groups is 1. The quantitative estimate of drug-likeness (QED) is 0.378. The molecule has 20 heavy (non-hydrogen) atoms. The molecular formula is C16H24N2O2. The van der Waals surface area contributed by atoms with Gasteiger partial charge < -0.3 is 15.7 Å². The summed E-state index contributed by atoms with van der Waals surface area (Å²) in [7, 11) is 0. The first-order valence-corrected chi connectivity index (χ1v) is 6.92. The van der Waals surface area contributed by atoms with Crippen LogP contribution in [0.25, 0.3) is 0 Å². The van der Waals surface area contributed by atoms with Gasteiger partial charge in [0, 0.05) is 23.0 Å². The Morgan fingerprint density at radius 3 is 2.60 bits per heavy atom. The van der Waals surface area contributed by atoms with Crippen LogP contribution in [0.1, 0.15) is 51.3 Å². The van der Waals surface area contributed by atoms with E-state index in [0.29, 0.717) is 13.0 Å². The Bertz CT molecular complexity index is 554. The lowest BCUT2D eigenvalue weighted by Gasteiger charge is -2.24. The van der Waals surface area contributed by atoms with E-state index in [0.717, 1.165) is 11.3 Å². The van der Waals surface area contributed by atoms with Gasteiger partial charge in [0.05, 0.1) is 6.61 Å². The van der Waals surface area contributed by atoms with Gasteiger partial charge in [0.2, 0.25) is 0 Å². The number of nitrogens with zero attached hydrogens (tertiary/aromatic N) is 1. The molecule has 1 heterocycles. The number of benzene rings is 1. The molecule has 4 nitrogen and oxygen atoms in total.